The summed E-state index contributed by atoms with van der Waals surface area (Å²) < 4.78 is 68.4. The van der Waals surface area contributed by atoms with Gasteiger partial charge in [-0.15, -0.1) is 0 Å². The van der Waals surface area contributed by atoms with Crippen molar-refractivity contribution in [3.05, 3.63) is 72.9 Å². The van der Waals surface area contributed by atoms with Crippen molar-refractivity contribution >= 4 is 39.5 Å². The third-order valence-corrected chi connectivity index (χ3v) is 18.0. The van der Waals surface area contributed by atoms with E-state index in [9.17, 15) is 43.2 Å². The maximum absolute atomic E-state index is 13.1. The van der Waals surface area contributed by atoms with Gasteiger partial charge in [0.2, 0.25) is 0 Å². The minimum absolute atomic E-state index is 0.0839. The van der Waals surface area contributed by atoms with Crippen LogP contribution < -0.4 is 0 Å². The number of aliphatic hydroxyl groups excluding tert-OH is 1. The van der Waals surface area contributed by atoms with Crippen LogP contribution in [0.15, 0.2) is 72.9 Å². The van der Waals surface area contributed by atoms with Crippen LogP contribution in [0.5, 0.6) is 0 Å². The first-order valence-corrected chi connectivity index (χ1v) is 41.2. The van der Waals surface area contributed by atoms with E-state index < -0.39 is 97.5 Å². The third kappa shape index (κ3) is 69.0. The number of unbranched alkanes of at least 4 members (excludes halogenated alkanes) is 34. The molecule has 558 valence electrons. The van der Waals surface area contributed by atoms with Crippen LogP contribution in [0.1, 0.15) is 336 Å². The molecule has 0 amide bonds. The summed E-state index contributed by atoms with van der Waals surface area (Å²) in [5.74, 6) is -2.19. The van der Waals surface area contributed by atoms with E-state index in [1.165, 1.54) is 89.9 Å². The molecular weight excluding hydrogens is 1260 g/mol. The van der Waals surface area contributed by atoms with E-state index in [0.29, 0.717) is 25.7 Å². The summed E-state index contributed by atoms with van der Waals surface area (Å²) >= 11 is 0. The van der Waals surface area contributed by atoms with E-state index in [2.05, 4.69) is 101 Å². The largest absolute Gasteiger partial charge is 0.472 e. The lowest BCUT2D eigenvalue weighted by Crippen LogP contribution is -2.30. The number of hydrogen-bond acceptors (Lipinski definition) is 15. The Bertz CT molecular complexity index is 2110. The fourth-order valence-corrected chi connectivity index (χ4v) is 11.8. The summed E-state index contributed by atoms with van der Waals surface area (Å²) in [5.41, 5.74) is 0. The lowest BCUT2D eigenvalue weighted by atomic mass is 10.1. The first-order valence-electron chi connectivity index (χ1n) is 38.2. The SMILES string of the molecule is CCCC/C=C\CCCCCCCC(=O)OC(COC(=O)CCCCCCC/C=C\C/C=C\CCCCC)COP(=O)(O)OCC(O)COP(=O)(O)OCC(COC(=O)CCCCCCCC/C=C\C/C=C\C/C=C\CCCCC)OC(=O)CCCCCCCCCCCCC. The predicted octanol–water partition coefficient (Wildman–Crippen LogP) is 21.7. The topological polar surface area (TPSA) is 237 Å². The maximum Gasteiger partial charge on any atom is 0.472 e. The second-order valence-electron chi connectivity index (χ2n) is 25.6. The molecule has 0 aromatic heterocycles. The molecule has 0 radical (unpaired) electrons. The number of carbonyl (C=O) groups excluding carboxylic acids is 4. The number of esters is 4. The number of allylic oxidation sites excluding steroid dienone is 12. The van der Waals surface area contributed by atoms with E-state index in [4.69, 9.17) is 37.0 Å². The van der Waals surface area contributed by atoms with Crippen LogP contribution in [0.3, 0.4) is 0 Å². The molecule has 3 N–H and O–H groups in total. The van der Waals surface area contributed by atoms with Crippen molar-refractivity contribution in [2.75, 3.05) is 39.6 Å². The van der Waals surface area contributed by atoms with E-state index in [1.807, 2.05) is 0 Å². The Balaban J connectivity index is 5.28. The number of rotatable bonds is 72. The monoisotopic (exact) mass is 1400 g/mol. The molecule has 0 aliphatic heterocycles. The van der Waals surface area contributed by atoms with Crippen molar-refractivity contribution in [2.45, 2.75) is 354 Å². The Morgan fingerprint density at radius 3 is 0.844 bits per heavy atom. The molecule has 19 heteroatoms. The van der Waals surface area contributed by atoms with Crippen molar-refractivity contribution < 1.29 is 80.2 Å². The van der Waals surface area contributed by atoms with Gasteiger partial charge in [0.1, 0.15) is 19.3 Å². The van der Waals surface area contributed by atoms with Crippen molar-refractivity contribution in [3.63, 3.8) is 0 Å². The van der Waals surface area contributed by atoms with Gasteiger partial charge >= 0.3 is 39.5 Å². The fourth-order valence-electron chi connectivity index (χ4n) is 10.2. The lowest BCUT2D eigenvalue weighted by Gasteiger charge is -2.21. The highest BCUT2D eigenvalue weighted by Crippen LogP contribution is 2.45. The van der Waals surface area contributed by atoms with Crippen molar-refractivity contribution in [1.29, 1.82) is 0 Å². The van der Waals surface area contributed by atoms with Gasteiger partial charge in [-0.2, -0.15) is 0 Å². The lowest BCUT2D eigenvalue weighted by molar-refractivity contribution is -0.161. The highest BCUT2D eigenvalue weighted by Gasteiger charge is 2.30. The molecule has 0 saturated heterocycles. The van der Waals surface area contributed by atoms with Crippen LogP contribution in [0, 0.1) is 0 Å². The van der Waals surface area contributed by atoms with Crippen LogP contribution in [-0.2, 0) is 65.4 Å². The predicted molar refractivity (Wildman–Crippen MR) is 390 cm³/mol. The van der Waals surface area contributed by atoms with Gasteiger partial charge in [-0.1, -0.05) is 268 Å². The molecule has 0 aliphatic rings. The van der Waals surface area contributed by atoms with Gasteiger partial charge in [-0.05, 0) is 116 Å². The number of ether oxygens (including phenoxy) is 4. The molecule has 0 aliphatic carbocycles. The summed E-state index contributed by atoms with van der Waals surface area (Å²) in [6, 6.07) is 0. The molecule has 17 nitrogen and oxygen atoms in total. The van der Waals surface area contributed by atoms with Crippen molar-refractivity contribution in [3.8, 4) is 0 Å². The van der Waals surface area contributed by atoms with Gasteiger partial charge in [0.15, 0.2) is 12.2 Å². The van der Waals surface area contributed by atoms with E-state index in [1.54, 1.807) is 0 Å². The summed E-state index contributed by atoms with van der Waals surface area (Å²) in [6.45, 7) is 4.76. The van der Waals surface area contributed by atoms with Crippen LogP contribution >= 0.6 is 15.6 Å². The molecule has 0 aromatic carbocycles. The minimum atomic E-state index is -4.97. The van der Waals surface area contributed by atoms with Crippen molar-refractivity contribution in [2.24, 2.45) is 0 Å². The van der Waals surface area contributed by atoms with Crippen LogP contribution in [-0.4, -0.2) is 96.7 Å². The molecule has 0 aromatic rings. The molecule has 5 unspecified atom stereocenters. The van der Waals surface area contributed by atoms with E-state index in [-0.39, 0.29) is 25.7 Å². The molecule has 5 atom stereocenters. The van der Waals surface area contributed by atoms with Gasteiger partial charge < -0.3 is 33.8 Å². The Kier molecular flexibility index (Phi) is 67.4. The summed E-state index contributed by atoms with van der Waals surface area (Å²) in [5, 5.41) is 10.6. The Labute approximate surface area is 583 Å². The summed E-state index contributed by atoms with van der Waals surface area (Å²) in [7, 11) is -9.94. The Morgan fingerprint density at radius 2 is 0.521 bits per heavy atom. The first-order chi connectivity index (χ1) is 46.7. The number of hydrogen-bond donors (Lipinski definition) is 3. The highest BCUT2D eigenvalue weighted by molar-refractivity contribution is 7.47. The average molecular weight is 1400 g/mol. The normalized spacial score (nSPS) is 14.4. The zero-order valence-corrected chi connectivity index (χ0v) is 62.6. The Morgan fingerprint density at radius 1 is 0.292 bits per heavy atom. The molecule has 0 bridgehead atoms. The first kappa shape index (κ1) is 92.5. The second kappa shape index (κ2) is 70.0. The molecule has 0 spiro atoms. The Hall–Kier alpha value is -3.50. The van der Waals surface area contributed by atoms with Crippen LogP contribution in [0.2, 0.25) is 0 Å². The fraction of sp³-hybridized carbons (Fsp3) is 0.792. The van der Waals surface area contributed by atoms with E-state index in [0.717, 1.165) is 167 Å². The summed E-state index contributed by atoms with van der Waals surface area (Å²) in [6.07, 6.45) is 69.0. The number of carbonyl (C=O) groups is 4. The molecule has 96 heavy (non-hydrogen) atoms. The molecular formula is C77H138O17P2. The highest BCUT2D eigenvalue weighted by atomic mass is 31.2. The molecule has 0 saturated carbocycles. The maximum atomic E-state index is 13.1. The van der Waals surface area contributed by atoms with Gasteiger partial charge in [0.25, 0.3) is 0 Å². The number of phosphoric acid groups is 2. The number of phosphoric ester groups is 2. The van der Waals surface area contributed by atoms with Gasteiger partial charge in [-0.25, -0.2) is 9.13 Å². The average Bonchev–Trinajstić information content (AvgIpc) is 1.16. The smallest absolute Gasteiger partial charge is 0.462 e. The van der Waals surface area contributed by atoms with Gasteiger partial charge in [0.05, 0.1) is 26.4 Å². The van der Waals surface area contributed by atoms with Gasteiger partial charge in [-0.3, -0.25) is 37.3 Å². The van der Waals surface area contributed by atoms with Crippen LogP contribution in [0.25, 0.3) is 0 Å². The standard InChI is InChI=1S/C77H138O17P2/c1-5-9-13-17-21-25-29-31-33-34-35-36-38-40-44-46-50-54-58-62-75(80)88-68-73(94-77(82)64-60-56-52-48-42-28-24-20-16-12-8-4)70-92-96(85,86)90-66-71(78)65-89-95(83,84)91-69-72(93-76(81)63-59-55-51-47-41-27-23-19-15-11-7-3)67-87-74(79)61-57-53-49-45-43-39-37-32-30-26-22-18-14-10-6-2/h19,21-23,25-26,31-33,35-37,71-73,78H,5-18,20,24,27-30,34,38-70H2,1-4H3,(H,83,84)(H,85,86)/b23-19-,25-21-,26-22-,33-31-,36-35-,37-32-. The van der Waals surface area contributed by atoms with Crippen molar-refractivity contribution in [1.82, 2.24) is 0 Å². The molecule has 0 rings (SSSR count). The van der Waals surface area contributed by atoms with E-state index >= 15 is 0 Å². The third-order valence-electron chi connectivity index (χ3n) is 16.1. The zero-order valence-electron chi connectivity index (χ0n) is 60.8. The minimum Gasteiger partial charge on any atom is -0.462 e. The summed E-state index contributed by atoms with van der Waals surface area (Å²) in [4.78, 5) is 72.7. The zero-order chi connectivity index (χ0) is 70.4. The quantitative estimate of drug-likeness (QED) is 0.0169. The molecule has 0 heterocycles. The van der Waals surface area contributed by atoms with Gasteiger partial charge in [0, 0.05) is 25.7 Å². The number of aliphatic hydroxyl groups is 1. The second-order valence-corrected chi connectivity index (χ2v) is 28.5. The molecule has 0 fully saturated rings. The van der Waals surface area contributed by atoms with Crippen LogP contribution in [0.4, 0.5) is 0 Å².